The van der Waals surface area contributed by atoms with E-state index in [1.165, 1.54) is 38.5 Å². The molecule has 1 aliphatic carbocycles. The molecule has 2 N–H and O–H groups in total. The third kappa shape index (κ3) is 3.32. The maximum Gasteiger partial charge on any atom is 0.0480 e. The molecule has 3 heteroatoms. The summed E-state index contributed by atoms with van der Waals surface area (Å²) in [5.74, 6) is 1.73. The number of nitrogens with zero attached hydrogens (tertiary/aromatic N) is 1. The lowest BCUT2D eigenvalue weighted by Gasteiger charge is -2.50. The van der Waals surface area contributed by atoms with Gasteiger partial charge in [0.1, 0.15) is 0 Å². The lowest BCUT2D eigenvalue weighted by Crippen LogP contribution is -2.58. The minimum atomic E-state index is 0.257. The van der Waals surface area contributed by atoms with Crippen LogP contribution in [0.1, 0.15) is 52.4 Å². The summed E-state index contributed by atoms with van der Waals surface area (Å²) in [5.41, 5.74) is 6.45. The van der Waals surface area contributed by atoms with Crippen LogP contribution in [0.25, 0.3) is 0 Å². The lowest BCUT2D eigenvalue weighted by molar-refractivity contribution is -0.0242. The minimum absolute atomic E-state index is 0.257. The molecule has 0 aromatic rings. The molecule has 0 aromatic carbocycles. The van der Waals surface area contributed by atoms with Gasteiger partial charge in [0, 0.05) is 31.3 Å². The Morgan fingerprint density at radius 1 is 1.16 bits per heavy atom. The van der Waals surface area contributed by atoms with Crippen LogP contribution in [0.4, 0.5) is 0 Å². The Morgan fingerprint density at radius 3 is 2.21 bits per heavy atom. The average Bonchev–Trinajstić information content (AvgIpc) is 2.47. The van der Waals surface area contributed by atoms with Crippen molar-refractivity contribution in [2.45, 2.75) is 64.0 Å². The monoisotopic (exact) mass is 268 g/mol. The van der Waals surface area contributed by atoms with Gasteiger partial charge in [-0.2, -0.15) is 0 Å². The molecule has 2 fully saturated rings. The van der Waals surface area contributed by atoms with Crippen molar-refractivity contribution in [3.8, 4) is 0 Å². The normalized spacial score (nSPS) is 34.1. The van der Waals surface area contributed by atoms with E-state index in [1.807, 2.05) is 0 Å². The van der Waals surface area contributed by atoms with Crippen molar-refractivity contribution in [2.75, 3.05) is 26.8 Å². The topological polar surface area (TPSA) is 38.5 Å². The van der Waals surface area contributed by atoms with Crippen LogP contribution in [0, 0.1) is 11.8 Å². The van der Waals surface area contributed by atoms with E-state index in [1.54, 1.807) is 0 Å². The van der Waals surface area contributed by atoms with Gasteiger partial charge in [0.25, 0.3) is 0 Å². The van der Waals surface area contributed by atoms with Gasteiger partial charge in [-0.3, -0.25) is 4.90 Å². The Morgan fingerprint density at radius 2 is 1.74 bits per heavy atom. The second-order valence-corrected chi connectivity index (χ2v) is 6.96. The molecule has 0 unspecified atom stereocenters. The van der Waals surface area contributed by atoms with Crippen molar-refractivity contribution >= 4 is 0 Å². The molecule has 1 saturated carbocycles. The van der Waals surface area contributed by atoms with Crippen molar-refractivity contribution in [2.24, 2.45) is 17.6 Å². The van der Waals surface area contributed by atoms with E-state index in [0.29, 0.717) is 6.04 Å². The molecule has 2 rings (SSSR count). The van der Waals surface area contributed by atoms with Gasteiger partial charge in [-0.15, -0.1) is 0 Å². The summed E-state index contributed by atoms with van der Waals surface area (Å²) < 4.78 is 5.49. The first kappa shape index (κ1) is 15.3. The van der Waals surface area contributed by atoms with Crippen molar-refractivity contribution in [1.82, 2.24) is 4.90 Å². The van der Waals surface area contributed by atoms with Gasteiger partial charge in [0.05, 0.1) is 0 Å². The first-order chi connectivity index (χ1) is 9.09. The average molecular weight is 268 g/mol. The standard InChI is InChI=1S/C16H32N2O/c1-13(2)14-4-8-16(12-17,9-5-14)18(3)15-6-10-19-11-7-15/h13-15H,4-12,17H2,1-3H3. The van der Waals surface area contributed by atoms with Crippen molar-refractivity contribution in [1.29, 1.82) is 0 Å². The molecule has 1 heterocycles. The zero-order valence-electron chi connectivity index (χ0n) is 13.0. The third-order valence-electron chi connectivity index (χ3n) is 5.77. The maximum absolute atomic E-state index is 6.19. The fourth-order valence-corrected chi connectivity index (χ4v) is 4.00. The van der Waals surface area contributed by atoms with Crippen molar-refractivity contribution in [3.63, 3.8) is 0 Å². The second kappa shape index (κ2) is 6.55. The molecule has 0 amide bonds. The van der Waals surface area contributed by atoms with Crippen molar-refractivity contribution in [3.05, 3.63) is 0 Å². The molecule has 112 valence electrons. The molecule has 2 aliphatic rings. The van der Waals surface area contributed by atoms with Crippen LogP contribution < -0.4 is 5.73 Å². The first-order valence-corrected chi connectivity index (χ1v) is 8.10. The number of hydrogen-bond acceptors (Lipinski definition) is 3. The highest BCUT2D eigenvalue weighted by atomic mass is 16.5. The summed E-state index contributed by atoms with van der Waals surface area (Å²) in [4.78, 5) is 2.62. The number of nitrogens with two attached hydrogens (primary N) is 1. The summed E-state index contributed by atoms with van der Waals surface area (Å²) in [7, 11) is 2.30. The smallest absolute Gasteiger partial charge is 0.0480 e. The van der Waals surface area contributed by atoms with Crippen LogP contribution >= 0.6 is 0 Å². The van der Waals surface area contributed by atoms with E-state index in [4.69, 9.17) is 10.5 Å². The molecule has 0 atom stereocenters. The number of likely N-dealkylation sites (N-methyl/N-ethyl adjacent to an activating group) is 1. The second-order valence-electron chi connectivity index (χ2n) is 6.96. The molecule has 0 aromatic heterocycles. The highest BCUT2D eigenvalue weighted by molar-refractivity contribution is 4.97. The molecule has 3 nitrogen and oxygen atoms in total. The quantitative estimate of drug-likeness (QED) is 0.852. The van der Waals surface area contributed by atoms with Gasteiger partial charge in [-0.05, 0) is 57.4 Å². The highest BCUT2D eigenvalue weighted by Crippen LogP contribution is 2.40. The summed E-state index contributed by atoms with van der Waals surface area (Å²) in [6, 6.07) is 0.674. The first-order valence-electron chi connectivity index (χ1n) is 8.10. The fourth-order valence-electron chi connectivity index (χ4n) is 4.00. The predicted molar refractivity (Wildman–Crippen MR) is 80.2 cm³/mol. The third-order valence-corrected chi connectivity index (χ3v) is 5.77. The number of hydrogen-bond donors (Lipinski definition) is 1. The van der Waals surface area contributed by atoms with E-state index in [9.17, 15) is 0 Å². The van der Waals surface area contributed by atoms with Crippen LogP contribution in [-0.4, -0.2) is 43.3 Å². The molecule has 19 heavy (non-hydrogen) atoms. The van der Waals surface area contributed by atoms with Crippen LogP contribution in [0.3, 0.4) is 0 Å². The van der Waals surface area contributed by atoms with Crippen LogP contribution in [0.15, 0.2) is 0 Å². The lowest BCUT2D eigenvalue weighted by atomic mass is 9.71. The van der Waals surface area contributed by atoms with E-state index in [0.717, 1.165) is 31.6 Å². The summed E-state index contributed by atoms with van der Waals surface area (Å²) >= 11 is 0. The van der Waals surface area contributed by atoms with E-state index in [2.05, 4.69) is 25.8 Å². The highest BCUT2D eigenvalue weighted by Gasteiger charge is 2.40. The Bertz CT molecular complexity index is 266. The largest absolute Gasteiger partial charge is 0.381 e. The SMILES string of the molecule is CC(C)C1CCC(CN)(N(C)C2CCOCC2)CC1. The molecular formula is C16H32N2O. The molecular weight excluding hydrogens is 236 g/mol. The Balaban J connectivity index is 1.98. The van der Waals surface area contributed by atoms with Gasteiger partial charge in [0.2, 0.25) is 0 Å². The number of rotatable bonds is 4. The Kier molecular flexibility index (Phi) is 5.27. The van der Waals surface area contributed by atoms with Gasteiger partial charge in [0.15, 0.2) is 0 Å². The predicted octanol–water partition coefficient (Wildman–Crippen LogP) is 2.64. The van der Waals surface area contributed by atoms with Crippen LogP contribution in [0.2, 0.25) is 0 Å². The van der Waals surface area contributed by atoms with Crippen molar-refractivity contribution < 1.29 is 4.74 Å². The summed E-state index contributed by atoms with van der Waals surface area (Å²) in [5, 5.41) is 0. The Hall–Kier alpha value is -0.120. The van der Waals surface area contributed by atoms with Gasteiger partial charge >= 0.3 is 0 Å². The summed E-state index contributed by atoms with van der Waals surface area (Å²) in [6.07, 6.45) is 7.60. The fraction of sp³-hybridized carbons (Fsp3) is 1.00. The maximum atomic E-state index is 6.19. The van der Waals surface area contributed by atoms with Crippen LogP contribution in [0.5, 0.6) is 0 Å². The van der Waals surface area contributed by atoms with Gasteiger partial charge in [-0.1, -0.05) is 13.8 Å². The molecule has 0 spiro atoms. The van der Waals surface area contributed by atoms with E-state index in [-0.39, 0.29) is 5.54 Å². The van der Waals surface area contributed by atoms with Crippen LogP contribution in [-0.2, 0) is 4.74 Å². The zero-order valence-corrected chi connectivity index (χ0v) is 13.0. The molecule has 1 aliphatic heterocycles. The van der Waals surface area contributed by atoms with E-state index < -0.39 is 0 Å². The molecule has 0 radical (unpaired) electrons. The van der Waals surface area contributed by atoms with Gasteiger partial charge in [-0.25, -0.2) is 0 Å². The molecule has 0 bridgehead atoms. The molecule has 1 saturated heterocycles. The minimum Gasteiger partial charge on any atom is -0.381 e. The number of ether oxygens (including phenoxy) is 1. The Labute approximate surface area is 118 Å². The zero-order chi connectivity index (χ0) is 13.9. The van der Waals surface area contributed by atoms with Gasteiger partial charge < -0.3 is 10.5 Å². The van der Waals surface area contributed by atoms with E-state index >= 15 is 0 Å². The summed E-state index contributed by atoms with van der Waals surface area (Å²) in [6.45, 7) is 7.38.